The molecule has 1 atom stereocenters. The van der Waals surface area contributed by atoms with Gasteiger partial charge in [0.2, 0.25) is 0 Å². The Morgan fingerprint density at radius 1 is 1.67 bits per heavy atom. The molecule has 0 aromatic rings. The normalized spacial score (nSPS) is 27.8. The first-order valence-corrected chi connectivity index (χ1v) is 3.36. The van der Waals surface area contributed by atoms with E-state index in [0.717, 1.165) is 26.1 Å². The standard InChI is InChI=1S/C7H11O2/c8-4-3-7-2-1-5-9-6-7/h7H,1-3,5-6H2. The molecule has 0 amide bonds. The third kappa shape index (κ3) is 2.14. The zero-order valence-electron chi connectivity index (χ0n) is 5.43. The number of hydrogen-bond donors (Lipinski definition) is 0. The first-order chi connectivity index (χ1) is 4.43. The second-order valence-corrected chi connectivity index (χ2v) is 2.43. The molecule has 1 fully saturated rings. The van der Waals surface area contributed by atoms with Gasteiger partial charge in [-0.3, -0.25) is 4.79 Å². The Labute approximate surface area is 55.2 Å². The van der Waals surface area contributed by atoms with Gasteiger partial charge in [0.05, 0.1) is 0 Å². The van der Waals surface area contributed by atoms with Crippen molar-refractivity contribution < 1.29 is 9.53 Å². The van der Waals surface area contributed by atoms with Crippen LogP contribution in [0.25, 0.3) is 0 Å². The van der Waals surface area contributed by atoms with Crippen LogP contribution in [-0.2, 0) is 9.53 Å². The molecule has 0 aliphatic carbocycles. The Kier molecular flexibility index (Phi) is 2.71. The lowest BCUT2D eigenvalue weighted by atomic mass is 10.00. The highest BCUT2D eigenvalue weighted by molar-refractivity contribution is 5.50. The lowest BCUT2D eigenvalue weighted by molar-refractivity contribution is 0.0573. The molecule has 1 unspecified atom stereocenters. The van der Waals surface area contributed by atoms with Crippen molar-refractivity contribution in [3.63, 3.8) is 0 Å². The summed E-state index contributed by atoms with van der Waals surface area (Å²) < 4.78 is 5.16. The molecule has 0 aromatic heterocycles. The summed E-state index contributed by atoms with van der Waals surface area (Å²) in [5.74, 6) is 0.455. The van der Waals surface area contributed by atoms with Crippen LogP contribution in [0.4, 0.5) is 0 Å². The quantitative estimate of drug-likeness (QED) is 0.551. The van der Waals surface area contributed by atoms with Crippen LogP contribution < -0.4 is 0 Å². The van der Waals surface area contributed by atoms with E-state index in [1.807, 2.05) is 6.29 Å². The van der Waals surface area contributed by atoms with Crippen LogP contribution in [0.5, 0.6) is 0 Å². The SMILES string of the molecule is O=[C]CC1CCCOC1. The fraction of sp³-hybridized carbons (Fsp3) is 0.857. The molecule has 2 nitrogen and oxygen atoms in total. The maximum absolute atomic E-state index is 9.89. The van der Waals surface area contributed by atoms with Gasteiger partial charge in [-0.15, -0.1) is 0 Å². The second-order valence-electron chi connectivity index (χ2n) is 2.43. The van der Waals surface area contributed by atoms with E-state index in [4.69, 9.17) is 4.74 Å². The second kappa shape index (κ2) is 3.62. The molecule has 0 saturated carbocycles. The molecule has 2 heteroatoms. The molecule has 1 rings (SSSR count). The third-order valence-electron chi connectivity index (χ3n) is 1.63. The molecule has 1 aliphatic heterocycles. The van der Waals surface area contributed by atoms with Gasteiger partial charge in [0.15, 0.2) is 6.29 Å². The minimum absolute atomic E-state index is 0.455. The predicted octanol–water partition coefficient (Wildman–Crippen LogP) is 0.913. The molecular formula is C7H11O2. The van der Waals surface area contributed by atoms with E-state index in [1.54, 1.807) is 0 Å². The van der Waals surface area contributed by atoms with E-state index in [-0.39, 0.29) is 0 Å². The van der Waals surface area contributed by atoms with Crippen LogP contribution in [0.3, 0.4) is 0 Å². The Morgan fingerprint density at radius 2 is 2.56 bits per heavy atom. The van der Waals surface area contributed by atoms with Gasteiger partial charge in [-0.05, 0) is 18.8 Å². The van der Waals surface area contributed by atoms with E-state index >= 15 is 0 Å². The summed E-state index contributed by atoms with van der Waals surface area (Å²) in [6.45, 7) is 1.63. The van der Waals surface area contributed by atoms with Crippen molar-refractivity contribution in [1.29, 1.82) is 0 Å². The molecule has 51 valence electrons. The third-order valence-corrected chi connectivity index (χ3v) is 1.63. The lowest BCUT2D eigenvalue weighted by Gasteiger charge is -2.18. The minimum atomic E-state index is 0.455. The van der Waals surface area contributed by atoms with Gasteiger partial charge in [0.1, 0.15) is 0 Å². The topological polar surface area (TPSA) is 26.3 Å². The average Bonchev–Trinajstić information content (AvgIpc) is 1.91. The molecule has 1 radical (unpaired) electrons. The van der Waals surface area contributed by atoms with Crippen LogP contribution in [0.2, 0.25) is 0 Å². The van der Waals surface area contributed by atoms with Gasteiger partial charge in [0, 0.05) is 19.6 Å². The van der Waals surface area contributed by atoms with Crippen molar-refractivity contribution in [1.82, 2.24) is 0 Å². The van der Waals surface area contributed by atoms with Gasteiger partial charge in [-0.2, -0.15) is 0 Å². The fourth-order valence-corrected chi connectivity index (χ4v) is 1.09. The van der Waals surface area contributed by atoms with Crippen molar-refractivity contribution in [2.24, 2.45) is 5.92 Å². The van der Waals surface area contributed by atoms with Crippen molar-refractivity contribution in [3.05, 3.63) is 0 Å². The van der Waals surface area contributed by atoms with Crippen molar-refractivity contribution in [2.75, 3.05) is 13.2 Å². The highest BCUT2D eigenvalue weighted by Crippen LogP contribution is 2.15. The molecule has 0 spiro atoms. The van der Waals surface area contributed by atoms with Crippen LogP contribution >= 0.6 is 0 Å². The van der Waals surface area contributed by atoms with Gasteiger partial charge in [-0.1, -0.05) is 0 Å². The van der Waals surface area contributed by atoms with E-state index in [2.05, 4.69) is 0 Å². The van der Waals surface area contributed by atoms with Crippen LogP contribution in [0, 0.1) is 5.92 Å². The van der Waals surface area contributed by atoms with E-state index in [0.29, 0.717) is 12.3 Å². The maximum Gasteiger partial charge on any atom is 0.198 e. The van der Waals surface area contributed by atoms with Crippen LogP contribution in [0.15, 0.2) is 0 Å². The summed E-state index contributed by atoms with van der Waals surface area (Å²) in [6, 6.07) is 0. The molecule has 9 heavy (non-hydrogen) atoms. The highest BCUT2D eigenvalue weighted by Gasteiger charge is 2.12. The van der Waals surface area contributed by atoms with Gasteiger partial charge >= 0.3 is 0 Å². The monoisotopic (exact) mass is 127 g/mol. The van der Waals surface area contributed by atoms with E-state index in [1.165, 1.54) is 0 Å². The van der Waals surface area contributed by atoms with Crippen LogP contribution in [-0.4, -0.2) is 19.5 Å². The predicted molar refractivity (Wildman–Crippen MR) is 33.9 cm³/mol. The number of ether oxygens (including phenoxy) is 1. The molecule has 0 N–H and O–H groups in total. The molecule has 0 aromatic carbocycles. The van der Waals surface area contributed by atoms with Crippen molar-refractivity contribution >= 4 is 6.29 Å². The largest absolute Gasteiger partial charge is 0.381 e. The Balaban J connectivity index is 2.15. The Hall–Kier alpha value is -0.370. The molecule has 1 heterocycles. The van der Waals surface area contributed by atoms with E-state index < -0.39 is 0 Å². The summed E-state index contributed by atoms with van der Waals surface area (Å²) in [7, 11) is 0. The first kappa shape index (κ1) is 6.75. The molecule has 1 saturated heterocycles. The Morgan fingerprint density at radius 3 is 3.11 bits per heavy atom. The summed E-state index contributed by atoms with van der Waals surface area (Å²) >= 11 is 0. The van der Waals surface area contributed by atoms with Crippen molar-refractivity contribution in [2.45, 2.75) is 19.3 Å². The average molecular weight is 127 g/mol. The zero-order chi connectivity index (χ0) is 6.53. The van der Waals surface area contributed by atoms with E-state index in [9.17, 15) is 4.79 Å². The lowest BCUT2D eigenvalue weighted by Crippen LogP contribution is -2.17. The van der Waals surface area contributed by atoms with Crippen LogP contribution in [0.1, 0.15) is 19.3 Å². The summed E-state index contributed by atoms with van der Waals surface area (Å²) in [5, 5.41) is 0. The number of carbonyl (C=O) groups excluding carboxylic acids is 1. The van der Waals surface area contributed by atoms with Gasteiger partial charge < -0.3 is 4.74 Å². The molecule has 0 bridgehead atoms. The molecular weight excluding hydrogens is 116 g/mol. The van der Waals surface area contributed by atoms with Gasteiger partial charge in [0.25, 0.3) is 0 Å². The van der Waals surface area contributed by atoms with Gasteiger partial charge in [-0.25, -0.2) is 0 Å². The van der Waals surface area contributed by atoms with Crippen molar-refractivity contribution in [3.8, 4) is 0 Å². The summed E-state index contributed by atoms with van der Waals surface area (Å²) in [4.78, 5) is 9.89. The number of hydrogen-bond acceptors (Lipinski definition) is 2. The summed E-state index contributed by atoms with van der Waals surface area (Å²) in [5.41, 5.74) is 0. The summed E-state index contributed by atoms with van der Waals surface area (Å²) in [6.07, 6.45) is 4.70. The maximum atomic E-state index is 9.89. The first-order valence-electron chi connectivity index (χ1n) is 3.36. The zero-order valence-corrected chi connectivity index (χ0v) is 5.43. The minimum Gasteiger partial charge on any atom is -0.381 e. The fourth-order valence-electron chi connectivity index (χ4n) is 1.09. The molecule has 1 aliphatic rings. The smallest absolute Gasteiger partial charge is 0.198 e. The highest BCUT2D eigenvalue weighted by atomic mass is 16.5. The Bertz CT molecular complexity index is 84.9. The number of rotatable bonds is 2.